The molecule has 0 saturated carbocycles. The molecule has 1 heterocycles. The van der Waals surface area contributed by atoms with Crippen LogP contribution in [0.2, 0.25) is 5.02 Å². The first-order valence-corrected chi connectivity index (χ1v) is 7.12. The topological polar surface area (TPSA) is 57.8 Å². The van der Waals surface area contributed by atoms with Gasteiger partial charge in [-0.25, -0.2) is 0 Å². The lowest BCUT2D eigenvalue weighted by atomic mass is 10.2. The van der Waals surface area contributed by atoms with Gasteiger partial charge in [0.15, 0.2) is 0 Å². The summed E-state index contributed by atoms with van der Waals surface area (Å²) in [5, 5.41) is 12.7. The third-order valence-electron chi connectivity index (χ3n) is 3.18. The Hall–Kier alpha value is -2.25. The second-order valence-electron chi connectivity index (χ2n) is 4.75. The Labute approximate surface area is 129 Å². The average Bonchev–Trinajstić information content (AvgIpc) is 2.88. The number of nitriles is 1. The van der Waals surface area contributed by atoms with Crippen LogP contribution in [0.25, 0.3) is 5.69 Å². The second-order valence-corrected chi connectivity index (χ2v) is 5.18. The van der Waals surface area contributed by atoms with Gasteiger partial charge in [-0.3, -0.25) is 4.79 Å². The molecule has 108 valence electrons. The van der Waals surface area contributed by atoms with Crippen LogP contribution in [0, 0.1) is 18.3 Å². The van der Waals surface area contributed by atoms with Gasteiger partial charge in [0.25, 0.3) is 5.91 Å². The van der Waals surface area contributed by atoms with Crippen LogP contribution in [0.15, 0.2) is 30.5 Å². The first-order valence-electron chi connectivity index (χ1n) is 6.74. The van der Waals surface area contributed by atoms with Crippen molar-refractivity contribution in [2.24, 2.45) is 0 Å². The maximum Gasteiger partial charge on any atom is 0.269 e. The fourth-order valence-electron chi connectivity index (χ4n) is 2.17. The van der Waals surface area contributed by atoms with Gasteiger partial charge in [-0.1, -0.05) is 18.5 Å². The van der Waals surface area contributed by atoms with Crippen molar-refractivity contribution in [2.45, 2.75) is 20.3 Å². The van der Waals surface area contributed by atoms with Crippen molar-refractivity contribution in [3.05, 3.63) is 52.3 Å². The van der Waals surface area contributed by atoms with Gasteiger partial charge in [0.1, 0.15) is 11.8 Å². The van der Waals surface area contributed by atoms with Crippen molar-refractivity contribution in [3.8, 4) is 11.8 Å². The number of hydrogen-bond donors (Lipinski definition) is 1. The highest BCUT2D eigenvalue weighted by molar-refractivity contribution is 6.30. The first kappa shape index (κ1) is 15.1. The number of halogens is 1. The zero-order valence-electron chi connectivity index (χ0n) is 12.0. The van der Waals surface area contributed by atoms with Crippen LogP contribution in [0.5, 0.6) is 0 Å². The highest BCUT2D eigenvalue weighted by atomic mass is 35.5. The summed E-state index contributed by atoms with van der Waals surface area (Å²) in [6.07, 6.45) is 2.57. The molecule has 1 aromatic heterocycles. The number of aryl methyl sites for hydroxylation is 1. The molecule has 4 nitrogen and oxygen atoms in total. The lowest BCUT2D eigenvalue weighted by molar-refractivity contribution is 0.0946. The molecule has 1 N–H and O–H groups in total. The molecular weight excluding hydrogens is 286 g/mol. The number of aromatic nitrogens is 1. The lowest BCUT2D eigenvalue weighted by Gasteiger charge is -2.12. The van der Waals surface area contributed by atoms with Crippen molar-refractivity contribution in [2.75, 3.05) is 6.54 Å². The van der Waals surface area contributed by atoms with Gasteiger partial charge in [0.05, 0.1) is 5.56 Å². The number of nitrogens with one attached hydrogen (secondary N) is 1. The minimum absolute atomic E-state index is 0.243. The van der Waals surface area contributed by atoms with Crippen LogP contribution in [0.3, 0.4) is 0 Å². The van der Waals surface area contributed by atoms with Gasteiger partial charge in [0.2, 0.25) is 0 Å². The molecule has 0 unspecified atom stereocenters. The van der Waals surface area contributed by atoms with Gasteiger partial charge < -0.3 is 9.88 Å². The van der Waals surface area contributed by atoms with E-state index in [0.29, 0.717) is 22.8 Å². The maximum atomic E-state index is 12.3. The Kier molecular flexibility index (Phi) is 4.66. The van der Waals surface area contributed by atoms with E-state index in [0.717, 1.165) is 17.7 Å². The predicted molar refractivity (Wildman–Crippen MR) is 82.9 cm³/mol. The van der Waals surface area contributed by atoms with Crippen LogP contribution in [-0.2, 0) is 0 Å². The normalized spacial score (nSPS) is 10.2. The van der Waals surface area contributed by atoms with E-state index in [-0.39, 0.29) is 5.91 Å². The first-order chi connectivity index (χ1) is 10.1. The van der Waals surface area contributed by atoms with Crippen LogP contribution < -0.4 is 5.32 Å². The van der Waals surface area contributed by atoms with Crippen molar-refractivity contribution >= 4 is 17.5 Å². The number of carbonyl (C=O) groups excluding carboxylic acids is 1. The minimum Gasteiger partial charge on any atom is -0.351 e. The fraction of sp³-hybridized carbons (Fsp3) is 0.250. The van der Waals surface area contributed by atoms with E-state index < -0.39 is 0 Å². The molecule has 0 spiro atoms. The second kappa shape index (κ2) is 6.47. The summed E-state index contributed by atoms with van der Waals surface area (Å²) in [6, 6.07) is 9.15. The molecule has 0 aliphatic carbocycles. The van der Waals surface area contributed by atoms with Gasteiger partial charge >= 0.3 is 0 Å². The third kappa shape index (κ3) is 3.09. The van der Waals surface area contributed by atoms with Crippen molar-refractivity contribution in [1.29, 1.82) is 5.26 Å². The summed E-state index contributed by atoms with van der Waals surface area (Å²) in [4.78, 5) is 12.3. The standard InChI is InChI=1S/C16H16ClN3O/c1-3-7-19-16(21)15-12(10-18)6-8-20(15)14-5-4-13(17)9-11(14)2/h4-6,8-9H,3,7H2,1-2H3,(H,19,21). The van der Waals surface area contributed by atoms with E-state index in [1.165, 1.54) is 0 Å². The molecule has 0 atom stereocenters. The summed E-state index contributed by atoms with van der Waals surface area (Å²) < 4.78 is 1.73. The summed E-state index contributed by atoms with van der Waals surface area (Å²) in [6.45, 7) is 4.48. The molecular formula is C16H16ClN3O. The molecule has 0 aliphatic heterocycles. The number of amides is 1. The zero-order chi connectivity index (χ0) is 15.4. The summed E-state index contributed by atoms with van der Waals surface area (Å²) in [5.41, 5.74) is 2.49. The van der Waals surface area contributed by atoms with Crippen molar-refractivity contribution < 1.29 is 4.79 Å². The molecule has 2 aromatic rings. The van der Waals surface area contributed by atoms with E-state index in [4.69, 9.17) is 11.6 Å². The lowest BCUT2D eigenvalue weighted by Crippen LogP contribution is -2.27. The average molecular weight is 302 g/mol. The van der Waals surface area contributed by atoms with Crippen LogP contribution in [-0.4, -0.2) is 17.0 Å². The molecule has 1 aromatic carbocycles. The molecule has 0 radical (unpaired) electrons. The molecule has 21 heavy (non-hydrogen) atoms. The molecule has 0 saturated heterocycles. The maximum absolute atomic E-state index is 12.3. The van der Waals surface area contributed by atoms with E-state index in [1.807, 2.05) is 26.0 Å². The molecule has 0 aliphatic rings. The minimum atomic E-state index is -0.243. The van der Waals surface area contributed by atoms with Crippen molar-refractivity contribution in [3.63, 3.8) is 0 Å². The van der Waals surface area contributed by atoms with Crippen LogP contribution in [0.4, 0.5) is 0 Å². The summed E-state index contributed by atoms with van der Waals surface area (Å²) in [5.74, 6) is -0.243. The van der Waals surface area contributed by atoms with Crippen LogP contribution in [0.1, 0.15) is 35.0 Å². The number of carbonyl (C=O) groups is 1. The van der Waals surface area contributed by atoms with Gasteiger partial charge in [0, 0.05) is 23.5 Å². The van der Waals surface area contributed by atoms with E-state index in [9.17, 15) is 10.1 Å². The Morgan fingerprint density at radius 3 is 2.81 bits per heavy atom. The Bertz CT molecular complexity index is 713. The summed E-state index contributed by atoms with van der Waals surface area (Å²) >= 11 is 5.97. The van der Waals surface area contributed by atoms with E-state index in [1.54, 1.807) is 22.9 Å². The quantitative estimate of drug-likeness (QED) is 0.940. The third-order valence-corrected chi connectivity index (χ3v) is 3.41. The van der Waals surface area contributed by atoms with E-state index in [2.05, 4.69) is 11.4 Å². The highest BCUT2D eigenvalue weighted by Crippen LogP contribution is 2.23. The predicted octanol–water partition coefficient (Wildman–Crippen LogP) is 3.45. The number of nitrogens with zero attached hydrogens (tertiary/aromatic N) is 2. The number of benzene rings is 1. The molecule has 0 fully saturated rings. The zero-order valence-corrected chi connectivity index (χ0v) is 12.7. The van der Waals surface area contributed by atoms with Gasteiger partial charge in [-0.2, -0.15) is 5.26 Å². The SMILES string of the molecule is CCCNC(=O)c1c(C#N)ccn1-c1ccc(Cl)cc1C. The summed E-state index contributed by atoms with van der Waals surface area (Å²) in [7, 11) is 0. The largest absolute Gasteiger partial charge is 0.351 e. The fourth-order valence-corrected chi connectivity index (χ4v) is 2.39. The molecule has 0 bridgehead atoms. The molecule has 1 amide bonds. The van der Waals surface area contributed by atoms with Crippen LogP contribution >= 0.6 is 11.6 Å². The highest BCUT2D eigenvalue weighted by Gasteiger charge is 2.18. The number of hydrogen-bond acceptors (Lipinski definition) is 2. The molecule has 2 rings (SSSR count). The van der Waals surface area contributed by atoms with E-state index >= 15 is 0 Å². The molecule has 5 heteroatoms. The smallest absolute Gasteiger partial charge is 0.269 e. The Balaban J connectivity index is 2.52. The van der Waals surface area contributed by atoms with Crippen molar-refractivity contribution in [1.82, 2.24) is 9.88 Å². The van der Waals surface area contributed by atoms with Gasteiger partial charge in [-0.15, -0.1) is 0 Å². The number of rotatable bonds is 4. The van der Waals surface area contributed by atoms with Gasteiger partial charge in [-0.05, 0) is 43.2 Å². The Morgan fingerprint density at radius 2 is 2.19 bits per heavy atom. The Morgan fingerprint density at radius 1 is 1.43 bits per heavy atom. The monoisotopic (exact) mass is 301 g/mol.